The minimum Gasteiger partial charge on any atom is -0.379 e. The summed E-state index contributed by atoms with van der Waals surface area (Å²) >= 11 is 0. The first-order valence-corrected chi connectivity index (χ1v) is 8.50. The monoisotopic (exact) mass is 353 g/mol. The normalized spacial score (nSPS) is 20.2. The summed E-state index contributed by atoms with van der Waals surface area (Å²) in [5.41, 5.74) is 1.81. The van der Waals surface area contributed by atoms with Crippen LogP contribution in [0.3, 0.4) is 0 Å². The van der Waals surface area contributed by atoms with Crippen molar-refractivity contribution in [2.24, 2.45) is 0 Å². The molecule has 0 unspecified atom stereocenters. The maximum absolute atomic E-state index is 12.6. The van der Waals surface area contributed by atoms with Crippen LogP contribution in [0.15, 0.2) is 48.9 Å². The Kier molecular flexibility index (Phi) is 4.85. The number of amides is 1. The van der Waals surface area contributed by atoms with Gasteiger partial charge in [-0.15, -0.1) is 0 Å². The van der Waals surface area contributed by atoms with Crippen molar-refractivity contribution in [3.05, 3.63) is 60.3 Å². The lowest BCUT2D eigenvalue weighted by Gasteiger charge is -2.31. The summed E-state index contributed by atoms with van der Waals surface area (Å²) in [5, 5.41) is 7.27. The van der Waals surface area contributed by atoms with E-state index in [4.69, 9.17) is 9.47 Å². The van der Waals surface area contributed by atoms with Gasteiger partial charge in [0.2, 0.25) is 0 Å². The predicted octanol–water partition coefficient (Wildman–Crippen LogP) is 1.23. The van der Waals surface area contributed by atoms with E-state index < -0.39 is 0 Å². The highest BCUT2D eigenvalue weighted by molar-refractivity contribution is 5.93. The second-order valence-corrected chi connectivity index (χ2v) is 6.07. The fourth-order valence-electron chi connectivity index (χ4n) is 2.90. The number of hydrogen-bond acceptors (Lipinski definition) is 6. The Hall–Kier alpha value is -2.84. The first-order valence-electron chi connectivity index (χ1n) is 8.50. The van der Waals surface area contributed by atoms with E-state index in [0.29, 0.717) is 37.6 Å². The van der Waals surface area contributed by atoms with Crippen LogP contribution in [0.5, 0.6) is 0 Å². The SMILES string of the molecule is O=C(N[C@@H]1CCOC[C@H]1OCc1ccccn1)c1cc2ncccn2n1. The molecule has 8 nitrogen and oxygen atoms in total. The topological polar surface area (TPSA) is 90.6 Å². The zero-order valence-electron chi connectivity index (χ0n) is 14.1. The van der Waals surface area contributed by atoms with Crippen molar-refractivity contribution >= 4 is 11.6 Å². The van der Waals surface area contributed by atoms with Gasteiger partial charge in [0.15, 0.2) is 11.3 Å². The molecule has 0 radical (unpaired) electrons. The molecule has 0 spiro atoms. The Morgan fingerprint density at radius 2 is 2.23 bits per heavy atom. The number of pyridine rings is 1. The summed E-state index contributed by atoms with van der Waals surface area (Å²) in [7, 11) is 0. The quantitative estimate of drug-likeness (QED) is 0.742. The molecule has 2 atom stereocenters. The van der Waals surface area contributed by atoms with Crippen molar-refractivity contribution in [2.75, 3.05) is 13.2 Å². The smallest absolute Gasteiger partial charge is 0.272 e. The van der Waals surface area contributed by atoms with Crippen LogP contribution in [-0.2, 0) is 16.1 Å². The van der Waals surface area contributed by atoms with Gasteiger partial charge >= 0.3 is 0 Å². The summed E-state index contributed by atoms with van der Waals surface area (Å²) < 4.78 is 13.0. The largest absolute Gasteiger partial charge is 0.379 e. The van der Waals surface area contributed by atoms with Gasteiger partial charge in [0.05, 0.1) is 24.9 Å². The van der Waals surface area contributed by atoms with Crippen LogP contribution in [0.4, 0.5) is 0 Å². The predicted molar refractivity (Wildman–Crippen MR) is 92.5 cm³/mol. The second kappa shape index (κ2) is 7.59. The third-order valence-electron chi connectivity index (χ3n) is 4.26. The summed E-state index contributed by atoms with van der Waals surface area (Å²) in [6, 6.07) is 8.97. The van der Waals surface area contributed by atoms with E-state index in [9.17, 15) is 4.79 Å². The molecule has 8 heteroatoms. The molecule has 26 heavy (non-hydrogen) atoms. The summed E-state index contributed by atoms with van der Waals surface area (Å²) in [4.78, 5) is 21.0. The van der Waals surface area contributed by atoms with Gasteiger partial charge in [0.25, 0.3) is 5.91 Å². The average Bonchev–Trinajstić information content (AvgIpc) is 3.12. The zero-order valence-corrected chi connectivity index (χ0v) is 14.1. The van der Waals surface area contributed by atoms with Crippen molar-refractivity contribution in [2.45, 2.75) is 25.2 Å². The fraction of sp³-hybridized carbons (Fsp3) is 0.333. The van der Waals surface area contributed by atoms with E-state index in [-0.39, 0.29) is 18.1 Å². The van der Waals surface area contributed by atoms with Crippen LogP contribution in [0.2, 0.25) is 0 Å². The summed E-state index contributed by atoms with van der Waals surface area (Å²) in [5.74, 6) is -0.242. The molecule has 3 aromatic rings. The molecule has 4 heterocycles. The minimum absolute atomic E-state index is 0.141. The Bertz CT molecular complexity index is 850. The lowest BCUT2D eigenvalue weighted by molar-refractivity contribution is -0.0743. The number of nitrogens with one attached hydrogen (secondary N) is 1. The maximum Gasteiger partial charge on any atom is 0.272 e. The van der Waals surface area contributed by atoms with Crippen molar-refractivity contribution < 1.29 is 14.3 Å². The van der Waals surface area contributed by atoms with Gasteiger partial charge in [-0.1, -0.05) is 6.07 Å². The van der Waals surface area contributed by atoms with E-state index in [1.165, 1.54) is 0 Å². The Morgan fingerprint density at radius 3 is 3.08 bits per heavy atom. The van der Waals surface area contributed by atoms with Crippen LogP contribution in [-0.4, -0.2) is 50.8 Å². The standard InChI is InChI=1S/C18H19N5O3/c24-18(15-10-17-20-7-3-8-23(17)22-15)21-14-5-9-25-12-16(14)26-11-13-4-1-2-6-19-13/h1-4,6-8,10,14,16H,5,9,11-12H2,(H,21,24)/t14-,16-/m1/s1. The number of hydrogen-bond donors (Lipinski definition) is 1. The third kappa shape index (κ3) is 3.71. The van der Waals surface area contributed by atoms with Crippen molar-refractivity contribution in [3.8, 4) is 0 Å². The average molecular weight is 353 g/mol. The Morgan fingerprint density at radius 1 is 1.31 bits per heavy atom. The van der Waals surface area contributed by atoms with Crippen molar-refractivity contribution in [1.82, 2.24) is 24.9 Å². The molecule has 0 aliphatic carbocycles. The van der Waals surface area contributed by atoms with Crippen molar-refractivity contribution in [1.29, 1.82) is 0 Å². The highest BCUT2D eigenvalue weighted by Gasteiger charge is 2.29. The van der Waals surface area contributed by atoms with Crippen LogP contribution >= 0.6 is 0 Å². The van der Waals surface area contributed by atoms with Gasteiger partial charge in [-0.3, -0.25) is 9.78 Å². The van der Waals surface area contributed by atoms with Gasteiger partial charge in [0, 0.05) is 31.3 Å². The number of nitrogens with zero attached hydrogens (tertiary/aromatic N) is 4. The lowest BCUT2D eigenvalue weighted by Crippen LogP contribution is -2.50. The van der Waals surface area contributed by atoms with Gasteiger partial charge in [-0.2, -0.15) is 5.10 Å². The van der Waals surface area contributed by atoms with Crippen LogP contribution in [0, 0.1) is 0 Å². The summed E-state index contributed by atoms with van der Waals surface area (Å²) in [6.07, 6.45) is 5.60. The Labute approximate surface area is 150 Å². The molecule has 0 bridgehead atoms. The molecule has 1 N–H and O–H groups in total. The molecule has 1 fully saturated rings. The molecule has 0 saturated carbocycles. The van der Waals surface area contributed by atoms with E-state index in [2.05, 4.69) is 20.4 Å². The Balaban J connectivity index is 1.41. The van der Waals surface area contributed by atoms with Gasteiger partial charge in [-0.25, -0.2) is 9.50 Å². The minimum atomic E-state index is -0.242. The van der Waals surface area contributed by atoms with Gasteiger partial charge in [-0.05, 0) is 24.6 Å². The number of carbonyl (C=O) groups excluding carboxylic acids is 1. The number of rotatable bonds is 5. The zero-order chi connectivity index (χ0) is 17.8. The molecule has 134 valence electrons. The van der Waals surface area contributed by atoms with Crippen molar-refractivity contribution in [3.63, 3.8) is 0 Å². The molecule has 4 rings (SSSR count). The molecular formula is C18H19N5O3. The third-order valence-corrected chi connectivity index (χ3v) is 4.26. The number of aromatic nitrogens is 4. The molecule has 0 aromatic carbocycles. The van der Waals surface area contributed by atoms with Gasteiger partial charge < -0.3 is 14.8 Å². The number of carbonyl (C=O) groups is 1. The van der Waals surface area contributed by atoms with Gasteiger partial charge in [0.1, 0.15) is 6.10 Å². The van der Waals surface area contributed by atoms with E-state index in [1.54, 1.807) is 35.2 Å². The first-order chi connectivity index (χ1) is 12.8. The number of fused-ring (bicyclic) bond motifs is 1. The highest BCUT2D eigenvalue weighted by atomic mass is 16.5. The molecule has 3 aromatic heterocycles. The fourth-order valence-corrected chi connectivity index (χ4v) is 2.90. The molecule has 1 aliphatic rings. The second-order valence-electron chi connectivity index (χ2n) is 6.07. The molecular weight excluding hydrogens is 334 g/mol. The van der Waals surface area contributed by atoms with Crippen LogP contribution in [0.25, 0.3) is 5.65 Å². The molecule has 1 amide bonds. The first kappa shape index (κ1) is 16.6. The van der Waals surface area contributed by atoms with Crippen LogP contribution < -0.4 is 5.32 Å². The molecule has 1 saturated heterocycles. The number of ether oxygens (including phenoxy) is 2. The summed E-state index contributed by atoms with van der Waals surface area (Å²) in [6.45, 7) is 1.39. The van der Waals surface area contributed by atoms with E-state index in [1.807, 2.05) is 18.2 Å². The molecule has 1 aliphatic heterocycles. The van der Waals surface area contributed by atoms with Crippen LogP contribution in [0.1, 0.15) is 22.6 Å². The van der Waals surface area contributed by atoms with E-state index in [0.717, 1.165) is 5.69 Å². The highest BCUT2D eigenvalue weighted by Crippen LogP contribution is 2.14. The lowest BCUT2D eigenvalue weighted by atomic mass is 10.1. The maximum atomic E-state index is 12.6. The van der Waals surface area contributed by atoms with E-state index >= 15 is 0 Å².